The Hall–Kier alpha value is -1.22. The van der Waals surface area contributed by atoms with Gasteiger partial charge < -0.3 is 9.30 Å². The topological polar surface area (TPSA) is 61.2 Å². The zero-order valence-corrected chi connectivity index (χ0v) is 12.6. The molecule has 0 aliphatic rings. The number of halogens is 1. The highest BCUT2D eigenvalue weighted by molar-refractivity contribution is 14.1. The third kappa shape index (κ3) is 2.32. The molecule has 94 valence electrons. The molecule has 0 aliphatic carbocycles. The maximum atomic E-state index is 11.5. The molecule has 7 heteroatoms. The number of pyridine rings is 1. The number of aromatic nitrogens is 2. The summed E-state index contributed by atoms with van der Waals surface area (Å²) in [7, 11) is 3.01. The molecule has 0 fully saturated rings. The Morgan fingerprint density at radius 1 is 1.50 bits per heavy atom. The number of methoxy groups -OCH3 is 1. The number of carbonyl (C=O) groups excluding carboxylic acids is 1. The van der Waals surface area contributed by atoms with Gasteiger partial charge in [-0.2, -0.15) is 4.37 Å². The molecule has 0 radical (unpaired) electrons. The highest BCUT2D eigenvalue weighted by atomic mass is 127. The van der Waals surface area contributed by atoms with Gasteiger partial charge in [-0.3, -0.25) is 4.79 Å². The first-order valence-corrected chi connectivity index (χ1v) is 6.80. The molecule has 2 aromatic heterocycles. The molecule has 2 heterocycles. The lowest BCUT2D eigenvalue weighted by molar-refractivity contribution is 0.0605. The Bertz CT molecular complexity index is 663. The molecular formula is C11H9IN2O3S. The molecule has 18 heavy (non-hydrogen) atoms. The van der Waals surface area contributed by atoms with E-state index < -0.39 is 5.97 Å². The molecule has 0 saturated heterocycles. The Kier molecular flexibility index (Phi) is 3.81. The number of esters is 1. The van der Waals surface area contributed by atoms with Gasteiger partial charge in [-0.15, -0.1) is 0 Å². The zero-order chi connectivity index (χ0) is 13.3. The van der Waals surface area contributed by atoms with E-state index in [0.29, 0.717) is 10.6 Å². The lowest BCUT2D eigenvalue weighted by atomic mass is 10.2. The number of hydrogen-bond acceptors (Lipinski definition) is 5. The van der Waals surface area contributed by atoms with Crippen LogP contribution < -0.4 is 5.56 Å². The van der Waals surface area contributed by atoms with Crippen LogP contribution in [0.3, 0.4) is 0 Å². The van der Waals surface area contributed by atoms with Gasteiger partial charge in [0, 0.05) is 24.9 Å². The van der Waals surface area contributed by atoms with Crippen LogP contribution in [0.15, 0.2) is 23.1 Å². The Balaban J connectivity index is 2.52. The van der Waals surface area contributed by atoms with Gasteiger partial charge in [0.05, 0.1) is 16.4 Å². The fourth-order valence-corrected chi connectivity index (χ4v) is 3.24. The van der Waals surface area contributed by atoms with Crippen molar-refractivity contribution in [1.29, 1.82) is 0 Å². The minimum absolute atomic E-state index is 0.0859. The van der Waals surface area contributed by atoms with Crippen LogP contribution in [-0.4, -0.2) is 22.0 Å². The van der Waals surface area contributed by atoms with Crippen LogP contribution in [0, 0.1) is 3.57 Å². The normalized spacial score (nSPS) is 10.4. The number of aryl methyl sites for hydroxylation is 1. The van der Waals surface area contributed by atoms with Gasteiger partial charge in [0.25, 0.3) is 0 Å². The van der Waals surface area contributed by atoms with Gasteiger partial charge in [-0.05, 0) is 40.2 Å². The second-order valence-corrected chi connectivity index (χ2v) is 5.38. The first-order chi connectivity index (χ1) is 8.54. The minimum Gasteiger partial charge on any atom is -0.465 e. The highest BCUT2D eigenvalue weighted by Crippen LogP contribution is 2.29. The predicted octanol–water partition coefficient (Wildman–Crippen LogP) is 1.90. The minimum atomic E-state index is -0.395. The highest BCUT2D eigenvalue weighted by Gasteiger charge is 2.19. The maximum absolute atomic E-state index is 11.5. The third-order valence-corrected chi connectivity index (χ3v) is 4.61. The monoisotopic (exact) mass is 376 g/mol. The van der Waals surface area contributed by atoms with Crippen LogP contribution in [0.4, 0.5) is 0 Å². The van der Waals surface area contributed by atoms with Crippen LogP contribution in [0.5, 0.6) is 0 Å². The van der Waals surface area contributed by atoms with Crippen LogP contribution in [0.1, 0.15) is 9.67 Å². The summed E-state index contributed by atoms with van der Waals surface area (Å²) >= 11 is 3.15. The van der Waals surface area contributed by atoms with Crippen LogP contribution in [-0.2, 0) is 11.8 Å². The number of nitrogens with zero attached hydrogens (tertiary/aromatic N) is 2. The van der Waals surface area contributed by atoms with Crippen LogP contribution >= 0.6 is 34.1 Å². The summed E-state index contributed by atoms with van der Waals surface area (Å²) in [5.41, 5.74) is 1.40. The van der Waals surface area contributed by atoms with Crippen molar-refractivity contribution >= 4 is 40.1 Å². The van der Waals surface area contributed by atoms with E-state index in [-0.39, 0.29) is 5.56 Å². The average molecular weight is 376 g/mol. The summed E-state index contributed by atoms with van der Waals surface area (Å²) in [5, 5.41) is 0. The van der Waals surface area contributed by atoms with E-state index in [4.69, 9.17) is 0 Å². The maximum Gasteiger partial charge on any atom is 0.350 e. The molecule has 0 N–H and O–H groups in total. The summed E-state index contributed by atoms with van der Waals surface area (Å²) in [6, 6.07) is 3.17. The Morgan fingerprint density at radius 2 is 2.22 bits per heavy atom. The first kappa shape index (κ1) is 13.2. The Morgan fingerprint density at radius 3 is 2.83 bits per heavy atom. The molecule has 5 nitrogen and oxygen atoms in total. The molecule has 0 aromatic carbocycles. The molecule has 0 unspecified atom stereocenters. The first-order valence-electron chi connectivity index (χ1n) is 4.95. The van der Waals surface area contributed by atoms with E-state index in [1.54, 1.807) is 19.3 Å². The summed E-state index contributed by atoms with van der Waals surface area (Å²) in [6.07, 6.45) is 1.70. The molecule has 2 rings (SSSR count). The fraction of sp³-hybridized carbons (Fsp3) is 0.182. The molecular weight excluding hydrogens is 367 g/mol. The van der Waals surface area contributed by atoms with Crippen molar-refractivity contribution in [3.63, 3.8) is 0 Å². The quantitative estimate of drug-likeness (QED) is 0.594. The number of carbonyl (C=O) groups is 1. The average Bonchev–Trinajstić information content (AvgIpc) is 2.74. The second kappa shape index (κ2) is 5.19. The molecule has 0 amide bonds. The van der Waals surface area contributed by atoms with Crippen molar-refractivity contribution in [2.24, 2.45) is 7.05 Å². The Labute approximate surface area is 121 Å². The fourth-order valence-electron chi connectivity index (χ4n) is 1.41. The van der Waals surface area contributed by atoms with E-state index in [1.807, 2.05) is 0 Å². The van der Waals surface area contributed by atoms with Gasteiger partial charge >= 0.3 is 5.97 Å². The van der Waals surface area contributed by atoms with Gasteiger partial charge in [-0.1, -0.05) is 0 Å². The molecule has 0 aliphatic heterocycles. The van der Waals surface area contributed by atoms with E-state index in [2.05, 4.69) is 31.7 Å². The van der Waals surface area contributed by atoms with Crippen molar-refractivity contribution in [1.82, 2.24) is 8.94 Å². The van der Waals surface area contributed by atoms with E-state index in [0.717, 1.165) is 20.7 Å². The molecule has 0 atom stereocenters. The number of ether oxygens (including phenoxy) is 1. The van der Waals surface area contributed by atoms with Gasteiger partial charge in [0.2, 0.25) is 5.56 Å². The van der Waals surface area contributed by atoms with Crippen LogP contribution in [0.25, 0.3) is 11.3 Å². The smallest absolute Gasteiger partial charge is 0.350 e. The van der Waals surface area contributed by atoms with Gasteiger partial charge in [0.1, 0.15) is 4.88 Å². The summed E-state index contributed by atoms with van der Waals surface area (Å²) in [6.45, 7) is 0. The van der Waals surface area contributed by atoms with Crippen molar-refractivity contribution < 1.29 is 9.53 Å². The van der Waals surface area contributed by atoms with Crippen molar-refractivity contribution in [3.8, 4) is 11.3 Å². The summed E-state index contributed by atoms with van der Waals surface area (Å²) in [4.78, 5) is 23.3. The summed E-state index contributed by atoms with van der Waals surface area (Å²) < 4.78 is 11.1. The molecule has 0 spiro atoms. The SMILES string of the molecule is COC(=O)c1snc(-c2ccc(=O)n(C)c2)c1I. The van der Waals surface area contributed by atoms with E-state index >= 15 is 0 Å². The van der Waals surface area contributed by atoms with Gasteiger partial charge in [0.15, 0.2) is 0 Å². The van der Waals surface area contributed by atoms with Crippen LogP contribution in [0.2, 0.25) is 0 Å². The standard InChI is InChI=1S/C11H9IN2O3S/c1-14-5-6(3-4-7(14)15)9-8(12)10(18-13-9)11(16)17-2/h3-5H,1-2H3. The second-order valence-electron chi connectivity index (χ2n) is 3.53. The van der Waals surface area contributed by atoms with Crippen molar-refractivity contribution in [2.45, 2.75) is 0 Å². The lowest BCUT2D eigenvalue weighted by Crippen LogP contribution is -2.14. The zero-order valence-electron chi connectivity index (χ0n) is 9.64. The number of hydrogen-bond donors (Lipinski definition) is 0. The largest absolute Gasteiger partial charge is 0.465 e. The lowest BCUT2D eigenvalue weighted by Gasteiger charge is -2.01. The van der Waals surface area contributed by atoms with Gasteiger partial charge in [-0.25, -0.2) is 4.79 Å². The summed E-state index contributed by atoms with van der Waals surface area (Å²) in [5.74, 6) is -0.395. The molecule has 0 saturated carbocycles. The number of rotatable bonds is 2. The molecule has 2 aromatic rings. The predicted molar refractivity (Wildman–Crippen MR) is 76.8 cm³/mol. The van der Waals surface area contributed by atoms with E-state index in [9.17, 15) is 9.59 Å². The van der Waals surface area contributed by atoms with E-state index in [1.165, 1.54) is 17.7 Å². The van der Waals surface area contributed by atoms with Crippen molar-refractivity contribution in [3.05, 3.63) is 37.1 Å². The molecule has 0 bridgehead atoms. The van der Waals surface area contributed by atoms with Crippen molar-refractivity contribution in [2.75, 3.05) is 7.11 Å². The third-order valence-electron chi connectivity index (χ3n) is 2.37.